The number of aliphatic hydroxyl groups excluding tert-OH is 1. The van der Waals surface area contributed by atoms with Gasteiger partial charge in [0, 0.05) is 6.04 Å². The Kier molecular flexibility index (Phi) is 3.16. The Labute approximate surface area is 81.0 Å². The summed E-state index contributed by atoms with van der Waals surface area (Å²) in [6.45, 7) is -0.178. The molecule has 0 saturated heterocycles. The maximum absolute atomic E-state index is 9.15. The molecule has 5 heteroatoms. The van der Waals surface area contributed by atoms with Gasteiger partial charge in [-0.15, -0.1) is 0 Å². The van der Waals surface area contributed by atoms with E-state index in [1.807, 2.05) is 0 Å². The minimum absolute atomic E-state index is 0.178. The molecule has 0 fully saturated rings. The van der Waals surface area contributed by atoms with Crippen molar-refractivity contribution in [3.8, 4) is 17.2 Å². The first-order valence-corrected chi connectivity index (χ1v) is 4.15. The fourth-order valence-electron chi connectivity index (χ4n) is 1.15. The van der Waals surface area contributed by atoms with Gasteiger partial charge in [-0.05, 0) is 24.1 Å². The van der Waals surface area contributed by atoms with Gasteiger partial charge < -0.3 is 26.2 Å². The first-order chi connectivity index (χ1) is 6.54. The van der Waals surface area contributed by atoms with E-state index in [0.29, 0.717) is 12.0 Å². The first kappa shape index (κ1) is 10.6. The summed E-state index contributed by atoms with van der Waals surface area (Å²) >= 11 is 0. The van der Waals surface area contributed by atoms with Crippen LogP contribution in [0.1, 0.15) is 5.56 Å². The minimum Gasteiger partial charge on any atom is -0.504 e. The van der Waals surface area contributed by atoms with Crippen molar-refractivity contribution >= 4 is 0 Å². The zero-order valence-corrected chi connectivity index (χ0v) is 7.51. The van der Waals surface area contributed by atoms with Gasteiger partial charge >= 0.3 is 0 Å². The van der Waals surface area contributed by atoms with Gasteiger partial charge in [0.05, 0.1) is 6.61 Å². The van der Waals surface area contributed by atoms with Crippen molar-refractivity contribution in [3.63, 3.8) is 0 Å². The molecule has 1 unspecified atom stereocenters. The SMILES string of the molecule is NC(CO)Cc1cc(O)c(O)c(O)c1. The second-order valence-electron chi connectivity index (χ2n) is 3.13. The first-order valence-electron chi connectivity index (χ1n) is 4.15. The Morgan fingerprint density at radius 1 is 1.14 bits per heavy atom. The van der Waals surface area contributed by atoms with E-state index in [9.17, 15) is 0 Å². The molecule has 78 valence electrons. The van der Waals surface area contributed by atoms with Gasteiger partial charge in [0.25, 0.3) is 0 Å². The Morgan fingerprint density at radius 2 is 1.64 bits per heavy atom. The predicted octanol–water partition coefficient (Wildman–Crippen LogP) is -0.335. The van der Waals surface area contributed by atoms with Gasteiger partial charge in [-0.2, -0.15) is 0 Å². The van der Waals surface area contributed by atoms with E-state index >= 15 is 0 Å². The van der Waals surface area contributed by atoms with Gasteiger partial charge in [-0.25, -0.2) is 0 Å². The van der Waals surface area contributed by atoms with Crippen LogP contribution in [-0.2, 0) is 6.42 Å². The molecule has 1 rings (SSSR count). The summed E-state index contributed by atoms with van der Waals surface area (Å²) < 4.78 is 0. The van der Waals surface area contributed by atoms with Crippen LogP contribution in [0.4, 0.5) is 0 Å². The van der Waals surface area contributed by atoms with Gasteiger partial charge in [-0.3, -0.25) is 0 Å². The summed E-state index contributed by atoms with van der Waals surface area (Å²) in [5.41, 5.74) is 6.02. The molecule has 0 aromatic heterocycles. The molecule has 0 saturated carbocycles. The molecule has 1 aromatic rings. The number of phenolic OH excluding ortho intramolecular Hbond substituents is 3. The number of phenols is 3. The number of rotatable bonds is 3. The molecule has 1 aromatic carbocycles. The van der Waals surface area contributed by atoms with Gasteiger partial charge in [0.2, 0.25) is 0 Å². The molecule has 0 aliphatic rings. The zero-order valence-electron chi connectivity index (χ0n) is 7.51. The van der Waals surface area contributed by atoms with Crippen molar-refractivity contribution in [3.05, 3.63) is 17.7 Å². The molecular weight excluding hydrogens is 186 g/mol. The monoisotopic (exact) mass is 199 g/mol. The van der Waals surface area contributed by atoms with Crippen molar-refractivity contribution in [1.82, 2.24) is 0 Å². The minimum atomic E-state index is -0.550. The van der Waals surface area contributed by atoms with E-state index in [0.717, 1.165) is 0 Å². The average molecular weight is 199 g/mol. The third kappa shape index (κ3) is 2.27. The third-order valence-electron chi connectivity index (χ3n) is 1.86. The van der Waals surface area contributed by atoms with Gasteiger partial charge in [0.15, 0.2) is 17.2 Å². The topological polar surface area (TPSA) is 107 Å². The Bertz CT molecular complexity index is 304. The van der Waals surface area contributed by atoms with Crippen LogP contribution in [0.2, 0.25) is 0 Å². The highest BCUT2D eigenvalue weighted by Gasteiger charge is 2.10. The second-order valence-corrected chi connectivity index (χ2v) is 3.13. The molecule has 5 nitrogen and oxygen atoms in total. The Morgan fingerprint density at radius 3 is 2.07 bits per heavy atom. The lowest BCUT2D eigenvalue weighted by Gasteiger charge is -2.09. The van der Waals surface area contributed by atoms with Gasteiger partial charge in [-0.1, -0.05) is 0 Å². The van der Waals surface area contributed by atoms with Crippen molar-refractivity contribution in [2.45, 2.75) is 12.5 Å². The van der Waals surface area contributed by atoms with Crippen LogP contribution in [0.5, 0.6) is 17.2 Å². The number of nitrogens with two attached hydrogens (primary N) is 1. The molecule has 0 amide bonds. The van der Waals surface area contributed by atoms with Crippen LogP contribution < -0.4 is 5.73 Å². The largest absolute Gasteiger partial charge is 0.504 e. The maximum Gasteiger partial charge on any atom is 0.200 e. The number of benzene rings is 1. The average Bonchev–Trinajstić information content (AvgIpc) is 2.14. The van der Waals surface area contributed by atoms with Crippen LogP contribution in [0.25, 0.3) is 0 Å². The molecule has 14 heavy (non-hydrogen) atoms. The molecule has 0 aliphatic carbocycles. The summed E-state index contributed by atoms with van der Waals surface area (Å²) in [6.07, 6.45) is 0.317. The molecule has 1 atom stereocenters. The normalized spacial score (nSPS) is 12.7. The summed E-state index contributed by atoms with van der Waals surface area (Å²) in [6, 6.07) is 2.15. The van der Waals surface area contributed by atoms with E-state index in [1.54, 1.807) is 0 Å². The lowest BCUT2D eigenvalue weighted by atomic mass is 10.1. The maximum atomic E-state index is 9.15. The smallest absolute Gasteiger partial charge is 0.200 e. The van der Waals surface area contributed by atoms with E-state index < -0.39 is 23.3 Å². The highest BCUT2D eigenvalue weighted by Crippen LogP contribution is 2.35. The summed E-state index contributed by atoms with van der Waals surface area (Å²) in [4.78, 5) is 0. The van der Waals surface area contributed by atoms with Crippen molar-refractivity contribution < 1.29 is 20.4 Å². The number of aliphatic hydroxyl groups is 1. The van der Waals surface area contributed by atoms with Gasteiger partial charge in [0.1, 0.15) is 0 Å². The molecule has 0 heterocycles. The molecular formula is C9H13NO4. The van der Waals surface area contributed by atoms with Crippen LogP contribution in [0.15, 0.2) is 12.1 Å². The Hall–Kier alpha value is -1.46. The summed E-state index contributed by atoms with van der Waals surface area (Å²) in [5.74, 6) is -1.35. The Balaban J connectivity index is 2.89. The highest BCUT2D eigenvalue weighted by atomic mass is 16.3. The number of aromatic hydroxyl groups is 3. The predicted molar refractivity (Wildman–Crippen MR) is 50.2 cm³/mol. The van der Waals surface area contributed by atoms with Crippen molar-refractivity contribution in [2.75, 3.05) is 6.61 Å². The second kappa shape index (κ2) is 4.17. The molecule has 0 aliphatic heterocycles. The zero-order chi connectivity index (χ0) is 10.7. The fourth-order valence-corrected chi connectivity index (χ4v) is 1.15. The van der Waals surface area contributed by atoms with E-state index in [2.05, 4.69) is 0 Å². The molecule has 0 bridgehead atoms. The van der Waals surface area contributed by atoms with Crippen LogP contribution >= 0.6 is 0 Å². The highest BCUT2D eigenvalue weighted by molar-refractivity contribution is 5.51. The van der Waals surface area contributed by atoms with Crippen molar-refractivity contribution in [2.24, 2.45) is 5.73 Å². The fraction of sp³-hybridized carbons (Fsp3) is 0.333. The molecule has 0 spiro atoms. The molecule has 0 radical (unpaired) electrons. The lowest BCUT2D eigenvalue weighted by Crippen LogP contribution is -2.26. The molecule has 6 N–H and O–H groups in total. The van der Waals surface area contributed by atoms with E-state index in [-0.39, 0.29) is 6.61 Å². The standard InChI is InChI=1S/C9H13NO4/c10-6(4-11)1-5-2-7(12)9(14)8(13)3-5/h2-3,6,11-14H,1,4,10H2. The third-order valence-corrected chi connectivity index (χ3v) is 1.86. The van der Waals surface area contributed by atoms with Crippen molar-refractivity contribution in [1.29, 1.82) is 0 Å². The quantitative estimate of drug-likeness (QED) is 0.428. The van der Waals surface area contributed by atoms with Crippen LogP contribution in [0, 0.1) is 0 Å². The van der Waals surface area contributed by atoms with E-state index in [1.165, 1.54) is 12.1 Å². The number of hydrogen-bond donors (Lipinski definition) is 5. The summed E-state index contributed by atoms with van der Waals surface area (Å²) in [5, 5.41) is 36.0. The number of hydrogen-bond acceptors (Lipinski definition) is 5. The lowest BCUT2D eigenvalue weighted by molar-refractivity contribution is 0.265. The van der Waals surface area contributed by atoms with E-state index in [4.69, 9.17) is 26.2 Å². The summed E-state index contributed by atoms with van der Waals surface area (Å²) in [7, 11) is 0. The van der Waals surface area contributed by atoms with Crippen LogP contribution in [0.3, 0.4) is 0 Å². The van der Waals surface area contributed by atoms with Crippen LogP contribution in [-0.4, -0.2) is 33.1 Å².